The van der Waals surface area contributed by atoms with Crippen LogP contribution in [0.5, 0.6) is 0 Å². The zero-order chi connectivity index (χ0) is 16.8. The molecule has 1 atom stereocenters. The quantitative estimate of drug-likeness (QED) is 0.749. The molecule has 1 N–H and O–H groups in total. The van der Waals surface area contributed by atoms with Crippen LogP contribution in [0.2, 0.25) is 0 Å². The Labute approximate surface area is 138 Å². The summed E-state index contributed by atoms with van der Waals surface area (Å²) in [6, 6.07) is 7.44. The van der Waals surface area contributed by atoms with Crippen LogP contribution in [0.1, 0.15) is 44.0 Å². The molecule has 23 heavy (non-hydrogen) atoms. The van der Waals surface area contributed by atoms with E-state index in [0.717, 1.165) is 18.8 Å². The van der Waals surface area contributed by atoms with Gasteiger partial charge in [-0.25, -0.2) is 4.79 Å². The molecule has 5 heteroatoms. The number of rotatable bonds is 8. The molecule has 1 aliphatic rings. The number of nitrogens with one attached hydrogen (secondary N) is 1. The van der Waals surface area contributed by atoms with Crippen LogP contribution in [-0.2, 0) is 9.53 Å². The van der Waals surface area contributed by atoms with Gasteiger partial charge in [0.05, 0.1) is 5.56 Å². The number of benzene rings is 1. The summed E-state index contributed by atoms with van der Waals surface area (Å²) in [5, 5.41) is 2.87. The van der Waals surface area contributed by atoms with E-state index in [-0.39, 0.29) is 18.6 Å². The Balaban J connectivity index is 1.81. The fourth-order valence-electron chi connectivity index (χ4n) is 2.62. The Morgan fingerprint density at radius 2 is 1.83 bits per heavy atom. The fraction of sp³-hybridized carbons (Fsp3) is 0.556. The van der Waals surface area contributed by atoms with Crippen LogP contribution in [-0.4, -0.2) is 37.6 Å². The van der Waals surface area contributed by atoms with Gasteiger partial charge in [0.25, 0.3) is 5.91 Å². The van der Waals surface area contributed by atoms with Gasteiger partial charge in [-0.1, -0.05) is 0 Å². The van der Waals surface area contributed by atoms with Crippen molar-refractivity contribution < 1.29 is 14.3 Å². The van der Waals surface area contributed by atoms with Gasteiger partial charge < -0.3 is 15.0 Å². The van der Waals surface area contributed by atoms with E-state index in [2.05, 4.69) is 24.1 Å². The van der Waals surface area contributed by atoms with Crippen molar-refractivity contribution in [2.24, 2.45) is 5.92 Å². The zero-order valence-corrected chi connectivity index (χ0v) is 14.2. The third-order valence-electron chi connectivity index (χ3n) is 4.28. The van der Waals surface area contributed by atoms with Crippen molar-refractivity contribution in [1.82, 2.24) is 5.32 Å². The molecule has 0 spiro atoms. The van der Waals surface area contributed by atoms with Gasteiger partial charge >= 0.3 is 5.97 Å². The maximum Gasteiger partial charge on any atom is 0.338 e. The highest BCUT2D eigenvalue weighted by atomic mass is 16.5. The Bertz CT molecular complexity index is 534. The largest absolute Gasteiger partial charge is 0.452 e. The average molecular weight is 318 g/mol. The van der Waals surface area contributed by atoms with Crippen LogP contribution in [0.15, 0.2) is 24.3 Å². The number of hydrogen-bond donors (Lipinski definition) is 1. The first-order valence-electron chi connectivity index (χ1n) is 8.36. The molecule has 1 amide bonds. The minimum Gasteiger partial charge on any atom is -0.452 e. The molecule has 0 radical (unpaired) electrons. The lowest BCUT2D eigenvalue weighted by Crippen LogP contribution is -2.37. The van der Waals surface area contributed by atoms with Crippen LogP contribution < -0.4 is 10.2 Å². The van der Waals surface area contributed by atoms with Crippen molar-refractivity contribution in [2.75, 3.05) is 24.6 Å². The average Bonchev–Trinajstić information content (AvgIpc) is 3.39. The molecule has 1 aromatic rings. The molecule has 126 valence electrons. The smallest absolute Gasteiger partial charge is 0.338 e. The van der Waals surface area contributed by atoms with Crippen molar-refractivity contribution in [2.45, 2.75) is 39.7 Å². The SMILES string of the molecule is CCN(CC)c1ccc(C(=O)OCC(=O)N[C@H](C)C2CC2)cc1. The van der Waals surface area contributed by atoms with E-state index in [4.69, 9.17) is 4.74 Å². The number of nitrogens with zero attached hydrogens (tertiary/aromatic N) is 1. The van der Waals surface area contributed by atoms with E-state index in [9.17, 15) is 9.59 Å². The minimum atomic E-state index is -0.467. The van der Waals surface area contributed by atoms with Gasteiger partial charge in [-0.15, -0.1) is 0 Å². The topological polar surface area (TPSA) is 58.6 Å². The Morgan fingerprint density at radius 1 is 1.22 bits per heavy atom. The fourth-order valence-corrected chi connectivity index (χ4v) is 2.62. The number of hydrogen-bond acceptors (Lipinski definition) is 4. The Morgan fingerprint density at radius 3 is 2.35 bits per heavy atom. The molecule has 5 nitrogen and oxygen atoms in total. The van der Waals surface area contributed by atoms with Crippen molar-refractivity contribution in [3.05, 3.63) is 29.8 Å². The third-order valence-corrected chi connectivity index (χ3v) is 4.28. The summed E-state index contributed by atoms with van der Waals surface area (Å²) in [6.45, 7) is 7.77. The van der Waals surface area contributed by atoms with Crippen LogP contribution >= 0.6 is 0 Å². The molecule has 0 heterocycles. The first-order valence-corrected chi connectivity index (χ1v) is 8.36. The van der Waals surface area contributed by atoms with Crippen molar-refractivity contribution in [1.29, 1.82) is 0 Å². The lowest BCUT2D eigenvalue weighted by atomic mass is 10.2. The predicted octanol–water partition coefficient (Wildman–Crippen LogP) is 2.60. The predicted molar refractivity (Wildman–Crippen MR) is 90.6 cm³/mol. The van der Waals surface area contributed by atoms with Crippen LogP contribution in [0.3, 0.4) is 0 Å². The molecular formula is C18H26N2O3. The maximum absolute atomic E-state index is 12.0. The van der Waals surface area contributed by atoms with Crippen molar-refractivity contribution >= 4 is 17.6 Å². The molecule has 0 aliphatic heterocycles. The molecule has 1 saturated carbocycles. The third kappa shape index (κ3) is 4.98. The van der Waals surface area contributed by atoms with Gasteiger partial charge in [0.15, 0.2) is 6.61 Å². The summed E-state index contributed by atoms with van der Waals surface area (Å²) in [6.07, 6.45) is 2.33. The van der Waals surface area contributed by atoms with Crippen LogP contribution in [0.25, 0.3) is 0 Å². The van der Waals surface area contributed by atoms with E-state index in [0.29, 0.717) is 11.5 Å². The highest BCUT2D eigenvalue weighted by molar-refractivity contribution is 5.91. The summed E-state index contributed by atoms with van der Waals surface area (Å²) < 4.78 is 5.08. The number of esters is 1. The molecule has 0 unspecified atom stereocenters. The van der Waals surface area contributed by atoms with Gasteiger partial charge in [-0.05, 0) is 63.8 Å². The van der Waals surface area contributed by atoms with E-state index in [1.54, 1.807) is 12.1 Å². The number of carbonyl (C=O) groups is 2. The number of anilines is 1. The van der Waals surface area contributed by atoms with Gasteiger partial charge in [-0.2, -0.15) is 0 Å². The van der Waals surface area contributed by atoms with Gasteiger partial charge in [0.1, 0.15) is 0 Å². The Kier molecular flexibility index (Phi) is 6.02. The molecular weight excluding hydrogens is 292 g/mol. The number of carbonyl (C=O) groups excluding carboxylic acids is 2. The van der Waals surface area contributed by atoms with E-state index in [1.165, 1.54) is 12.8 Å². The van der Waals surface area contributed by atoms with Gasteiger partial charge in [0, 0.05) is 24.8 Å². The molecule has 0 aromatic heterocycles. The number of ether oxygens (including phenoxy) is 1. The normalized spacial score (nSPS) is 14.9. The summed E-state index contributed by atoms with van der Waals surface area (Å²) in [7, 11) is 0. The van der Waals surface area contributed by atoms with E-state index in [1.807, 2.05) is 19.1 Å². The summed E-state index contributed by atoms with van der Waals surface area (Å²) in [5.41, 5.74) is 1.53. The van der Waals surface area contributed by atoms with Gasteiger partial charge in [-0.3, -0.25) is 4.79 Å². The second-order valence-corrected chi connectivity index (χ2v) is 5.99. The lowest BCUT2D eigenvalue weighted by Gasteiger charge is -2.20. The molecule has 2 rings (SSSR count). The second-order valence-electron chi connectivity index (χ2n) is 5.99. The van der Waals surface area contributed by atoms with Crippen molar-refractivity contribution in [3.63, 3.8) is 0 Å². The monoisotopic (exact) mass is 318 g/mol. The Hall–Kier alpha value is -2.04. The standard InChI is InChI=1S/C18H26N2O3/c1-4-20(5-2)16-10-8-15(9-11-16)18(22)23-12-17(21)19-13(3)14-6-7-14/h8-11,13-14H,4-7,12H2,1-3H3,(H,19,21)/t13-/m1/s1. The minimum absolute atomic E-state index is 0.162. The summed E-state index contributed by atoms with van der Waals surface area (Å²) in [5.74, 6) is -0.120. The van der Waals surface area contributed by atoms with Gasteiger partial charge in [0.2, 0.25) is 0 Å². The maximum atomic E-state index is 12.0. The highest BCUT2D eigenvalue weighted by Crippen LogP contribution is 2.32. The van der Waals surface area contributed by atoms with E-state index < -0.39 is 5.97 Å². The van der Waals surface area contributed by atoms with E-state index >= 15 is 0 Å². The second kappa shape index (κ2) is 7.99. The molecule has 0 bridgehead atoms. The van der Waals surface area contributed by atoms with Crippen LogP contribution in [0, 0.1) is 5.92 Å². The van der Waals surface area contributed by atoms with Crippen LogP contribution in [0.4, 0.5) is 5.69 Å². The summed E-state index contributed by atoms with van der Waals surface area (Å²) in [4.78, 5) is 25.9. The lowest BCUT2D eigenvalue weighted by molar-refractivity contribution is -0.124. The molecule has 0 saturated heterocycles. The highest BCUT2D eigenvalue weighted by Gasteiger charge is 2.29. The first-order chi connectivity index (χ1) is 11.0. The zero-order valence-electron chi connectivity index (χ0n) is 14.2. The van der Waals surface area contributed by atoms with Crippen molar-refractivity contribution in [3.8, 4) is 0 Å². The summed E-state index contributed by atoms with van der Waals surface area (Å²) >= 11 is 0. The molecule has 1 fully saturated rings. The molecule has 1 aromatic carbocycles. The number of amides is 1. The first kappa shape index (κ1) is 17.3. The molecule has 1 aliphatic carbocycles.